The highest BCUT2D eigenvalue weighted by Gasteiger charge is 2.34. The quantitative estimate of drug-likeness (QED) is 0.517. The molecule has 3 amide bonds. The number of hydrogen-bond donors (Lipinski definition) is 1. The van der Waals surface area contributed by atoms with Crippen molar-refractivity contribution in [1.82, 2.24) is 10.2 Å². The first-order valence-electron chi connectivity index (χ1n) is 9.31. The van der Waals surface area contributed by atoms with Crippen molar-refractivity contribution in [3.63, 3.8) is 0 Å². The summed E-state index contributed by atoms with van der Waals surface area (Å²) < 4.78 is 19.7. The number of ether oxygens (including phenoxy) is 1. The van der Waals surface area contributed by atoms with Gasteiger partial charge in [-0.25, -0.2) is 9.18 Å². The molecule has 0 atom stereocenters. The molecule has 6 heteroatoms. The van der Waals surface area contributed by atoms with Crippen molar-refractivity contribution >= 4 is 28.8 Å². The fraction of sp³-hybridized carbons (Fsp3) is 0.130. The van der Waals surface area contributed by atoms with Crippen LogP contribution in [0, 0.1) is 5.82 Å². The summed E-state index contributed by atoms with van der Waals surface area (Å²) in [6, 6.07) is 17.0. The molecule has 0 aliphatic carbocycles. The molecule has 0 saturated carbocycles. The van der Waals surface area contributed by atoms with E-state index in [4.69, 9.17) is 4.74 Å². The Balaban J connectivity index is 1.72. The number of fused-ring (bicyclic) bond motifs is 1. The van der Waals surface area contributed by atoms with E-state index >= 15 is 0 Å². The fourth-order valence-corrected chi connectivity index (χ4v) is 3.36. The van der Waals surface area contributed by atoms with Crippen LogP contribution in [-0.2, 0) is 11.3 Å². The van der Waals surface area contributed by atoms with Gasteiger partial charge in [-0.3, -0.25) is 9.69 Å². The van der Waals surface area contributed by atoms with E-state index in [-0.39, 0.29) is 17.8 Å². The second-order valence-corrected chi connectivity index (χ2v) is 6.60. The third-order valence-corrected chi connectivity index (χ3v) is 4.77. The summed E-state index contributed by atoms with van der Waals surface area (Å²) in [4.78, 5) is 26.2. The lowest BCUT2D eigenvalue weighted by molar-refractivity contribution is -0.123. The highest BCUT2D eigenvalue weighted by atomic mass is 19.1. The number of carbonyl (C=O) groups is 2. The van der Waals surface area contributed by atoms with Gasteiger partial charge in [0.15, 0.2) is 0 Å². The number of hydrogen-bond acceptors (Lipinski definition) is 3. The van der Waals surface area contributed by atoms with Gasteiger partial charge in [0.2, 0.25) is 0 Å². The van der Waals surface area contributed by atoms with Gasteiger partial charge in [0, 0.05) is 11.1 Å². The smallest absolute Gasteiger partial charge is 0.329 e. The average Bonchev–Trinajstić information content (AvgIpc) is 2.99. The van der Waals surface area contributed by atoms with Gasteiger partial charge in [-0.2, -0.15) is 0 Å². The first kappa shape index (κ1) is 18.7. The van der Waals surface area contributed by atoms with E-state index < -0.39 is 17.8 Å². The number of halogens is 1. The Morgan fingerprint density at radius 1 is 1.03 bits per heavy atom. The molecule has 1 aliphatic heterocycles. The number of imide groups is 1. The number of urea groups is 1. The fourth-order valence-electron chi connectivity index (χ4n) is 3.36. The van der Waals surface area contributed by atoms with Crippen LogP contribution >= 0.6 is 0 Å². The number of carbonyl (C=O) groups excluding carboxylic acids is 2. The Morgan fingerprint density at radius 3 is 2.59 bits per heavy atom. The summed E-state index contributed by atoms with van der Waals surface area (Å²) in [5.41, 5.74) is 1.11. The Bertz CT molecular complexity index is 1140. The van der Waals surface area contributed by atoms with E-state index in [1.54, 1.807) is 24.3 Å². The molecule has 0 unspecified atom stereocenters. The Labute approximate surface area is 167 Å². The van der Waals surface area contributed by atoms with Gasteiger partial charge in [-0.05, 0) is 35.9 Å². The molecule has 0 aromatic heterocycles. The largest absolute Gasteiger partial charge is 0.493 e. The zero-order valence-electron chi connectivity index (χ0n) is 15.8. The maximum atomic E-state index is 14.0. The number of amides is 3. The van der Waals surface area contributed by atoms with Crippen LogP contribution in [0.5, 0.6) is 5.75 Å². The van der Waals surface area contributed by atoms with Crippen LogP contribution in [0.1, 0.15) is 18.1 Å². The van der Waals surface area contributed by atoms with Crippen LogP contribution in [0.2, 0.25) is 0 Å². The predicted molar refractivity (Wildman–Crippen MR) is 109 cm³/mol. The van der Waals surface area contributed by atoms with Crippen molar-refractivity contribution < 1.29 is 18.7 Å². The van der Waals surface area contributed by atoms with Gasteiger partial charge in [-0.1, -0.05) is 48.5 Å². The Morgan fingerprint density at radius 2 is 1.79 bits per heavy atom. The normalized spacial score (nSPS) is 15.2. The maximum absolute atomic E-state index is 14.0. The molecule has 5 nitrogen and oxygen atoms in total. The lowest BCUT2D eigenvalue weighted by Gasteiger charge is -2.12. The lowest BCUT2D eigenvalue weighted by atomic mass is 10.0. The highest BCUT2D eigenvalue weighted by molar-refractivity contribution is 6.14. The standard InChI is InChI=1S/C23H19FN2O3/c1-2-29-21-12-11-15-7-3-5-9-17(15)18(21)13-20-22(27)26(23(28)25-20)14-16-8-4-6-10-19(16)24/h3-13H,2,14H2,1H3,(H,25,28)/b20-13+. The third-order valence-electron chi connectivity index (χ3n) is 4.77. The number of nitrogens with zero attached hydrogens (tertiary/aromatic N) is 1. The van der Waals surface area contributed by atoms with Crippen molar-refractivity contribution in [2.75, 3.05) is 6.61 Å². The zero-order chi connectivity index (χ0) is 20.4. The van der Waals surface area contributed by atoms with Crippen molar-refractivity contribution in [3.05, 3.63) is 83.3 Å². The van der Waals surface area contributed by atoms with Crippen LogP contribution in [0.3, 0.4) is 0 Å². The molecule has 0 bridgehead atoms. The first-order chi connectivity index (χ1) is 14.1. The monoisotopic (exact) mass is 390 g/mol. The SMILES string of the molecule is CCOc1ccc2ccccc2c1/C=C1/NC(=O)N(Cc2ccccc2F)C1=O. The minimum absolute atomic E-state index is 0.128. The van der Waals surface area contributed by atoms with E-state index in [9.17, 15) is 14.0 Å². The highest BCUT2D eigenvalue weighted by Crippen LogP contribution is 2.31. The zero-order valence-corrected chi connectivity index (χ0v) is 15.8. The minimum Gasteiger partial charge on any atom is -0.493 e. The van der Waals surface area contributed by atoms with Crippen molar-refractivity contribution in [1.29, 1.82) is 0 Å². The van der Waals surface area contributed by atoms with Crippen molar-refractivity contribution in [2.45, 2.75) is 13.5 Å². The molecule has 1 saturated heterocycles. The maximum Gasteiger partial charge on any atom is 0.329 e. The topological polar surface area (TPSA) is 58.6 Å². The van der Waals surface area contributed by atoms with Crippen LogP contribution < -0.4 is 10.1 Å². The molecule has 3 aromatic carbocycles. The molecule has 3 aromatic rings. The number of rotatable bonds is 5. The molecule has 29 heavy (non-hydrogen) atoms. The van der Waals surface area contributed by atoms with Gasteiger partial charge in [0.1, 0.15) is 17.3 Å². The Kier molecular flexibility index (Phi) is 4.99. The van der Waals surface area contributed by atoms with Crippen LogP contribution in [0.25, 0.3) is 16.8 Å². The summed E-state index contributed by atoms with van der Waals surface area (Å²) in [6.45, 7) is 2.21. The molecule has 146 valence electrons. The summed E-state index contributed by atoms with van der Waals surface area (Å²) in [7, 11) is 0. The van der Waals surface area contributed by atoms with Gasteiger partial charge in [-0.15, -0.1) is 0 Å². The summed E-state index contributed by atoms with van der Waals surface area (Å²) in [6.07, 6.45) is 1.62. The Hall–Kier alpha value is -3.67. The van der Waals surface area contributed by atoms with E-state index in [1.807, 2.05) is 43.3 Å². The molecular formula is C23H19FN2O3. The molecule has 1 aliphatic rings. The first-order valence-corrected chi connectivity index (χ1v) is 9.31. The van der Waals surface area contributed by atoms with Gasteiger partial charge in [0.05, 0.1) is 13.2 Å². The average molecular weight is 390 g/mol. The molecule has 1 heterocycles. The van der Waals surface area contributed by atoms with Gasteiger partial charge in [0.25, 0.3) is 5.91 Å². The lowest BCUT2D eigenvalue weighted by Crippen LogP contribution is -2.30. The third kappa shape index (κ3) is 3.57. The summed E-state index contributed by atoms with van der Waals surface area (Å²) in [5.74, 6) is -0.347. The number of nitrogens with one attached hydrogen (secondary N) is 1. The van der Waals surface area contributed by atoms with Crippen molar-refractivity contribution in [2.24, 2.45) is 0 Å². The summed E-state index contributed by atoms with van der Waals surface area (Å²) >= 11 is 0. The van der Waals surface area contributed by atoms with E-state index in [1.165, 1.54) is 6.07 Å². The second-order valence-electron chi connectivity index (χ2n) is 6.60. The van der Waals surface area contributed by atoms with Gasteiger partial charge < -0.3 is 10.1 Å². The predicted octanol–water partition coefficient (Wildman–Crippen LogP) is 4.47. The molecule has 1 N–H and O–H groups in total. The van der Waals surface area contributed by atoms with Crippen LogP contribution in [0.15, 0.2) is 66.4 Å². The molecule has 0 radical (unpaired) electrons. The summed E-state index contributed by atoms with van der Waals surface area (Å²) in [5, 5.41) is 4.49. The van der Waals surface area contributed by atoms with Gasteiger partial charge >= 0.3 is 6.03 Å². The van der Waals surface area contributed by atoms with Crippen LogP contribution in [-0.4, -0.2) is 23.4 Å². The molecule has 0 spiro atoms. The molecule has 1 fully saturated rings. The minimum atomic E-state index is -0.581. The van der Waals surface area contributed by atoms with E-state index in [0.29, 0.717) is 17.9 Å². The second kappa shape index (κ2) is 7.75. The van der Waals surface area contributed by atoms with Crippen molar-refractivity contribution in [3.8, 4) is 5.75 Å². The van der Waals surface area contributed by atoms with Crippen LogP contribution in [0.4, 0.5) is 9.18 Å². The number of benzene rings is 3. The molecule has 4 rings (SSSR count). The van der Waals surface area contributed by atoms with E-state index in [2.05, 4.69) is 5.32 Å². The molecular weight excluding hydrogens is 371 g/mol. The van der Waals surface area contributed by atoms with E-state index in [0.717, 1.165) is 15.7 Å².